The molecule has 1 fully saturated rings. The summed E-state index contributed by atoms with van der Waals surface area (Å²) in [5.41, 5.74) is 3.06. The zero-order valence-corrected chi connectivity index (χ0v) is 12.9. The smallest absolute Gasteiger partial charge is 0.143 e. The van der Waals surface area contributed by atoms with E-state index in [1.54, 1.807) is 0 Å². The molecule has 1 unspecified atom stereocenters. The van der Waals surface area contributed by atoms with Crippen LogP contribution in [-0.4, -0.2) is 18.7 Å². The average molecular weight is 272 g/mol. The van der Waals surface area contributed by atoms with Crippen LogP contribution in [0.1, 0.15) is 36.5 Å². The Bertz CT molecular complexity index is 529. The Balaban J connectivity index is 2.16. The van der Waals surface area contributed by atoms with Gasteiger partial charge in [-0.2, -0.15) is 5.26 Å². The lowest BCUT2D eigenvalue weighted by Crippen LogP contribution is -2.50. The molecule has 0 amide bonds. The van der Waals surface area contributed by atoms with Crippen molar-refractivity contribution in [3.63, 3.8) is 0 Å². The molecule has 1 aromatic rings. The predicted octanol–water partition coefficient (Wildman–Crippen LogP) is 3.27. The second-order valence-corrected chi connectivity index (χ2v) is 5.88. The highest BCUT2D eigenvalue weighted by Crippen LogP contribution is 2.40. The molecule has 1 N–H and O–H groups in total. The van der Waals surface area contributed by atoms with Crippen LogP contribution in [0.5, 0.6) is 5.75 Å². The molecule has 3 heteroatoms. The number of nitrogens with zero attached hydrogens (tertiary/aromatic N) is 1. The van der Waals surface area contributed by atoms with Crippen molar-refractivity contribution in [3.8, 4) is 11.8 Å². The second-order valence-electron chi connectivity index (χ2n) is 5.88. The van der Waals surface area contributed by atoms with Gasteiger partial charge in [0.25, 0.3) is 0 Å². The molecule has 108 valence electrons. The van der Waals surface area contributed by atoms with Crippen LogP contribution in [0.4, 0.5) is 0 Å². The number of likely N-dealkylation sites (N-methyl/N-ethyl adjacent to an activating group) is 1. The minimum absolute atomic E-state index is 0.422. The van der Waals surface area contributed by atoms with E-state index in [2.05, 4.69) is 44.3 Å². The summed E-state index contributed by atoms with van der Waals surface area (Å²) >= 11 is 0. The molecule has 0 radical (unpaired) electrons. The Kier molecular flexibility index (Phi) is 4.35. The molecule has 0 spiro atoms. The summed E-state index contributed by atoms with van der Waals surface area (Å²) < 4.78 is 6.02. The maximum Gasteiger partial charge on any atom is 0.143 e. The van der Waals surface area contributed by atoms with E-state index in [0.717, 1.165) is 30.7 Å². The maximum absolute atomic E-state index is 9.58. The normalized spacial score (nSPS) is 17.4. The quantitative estimate of drug-likeness (QED) is 0.864. The zero-order valence-electron chi connectivity index (χ0n) is 12.9. The topological polar surface area (TPSA) is 45.0 Å². The summed E-state index contributed by atoms with van der Waals surface area (Å²) in [5.74, 6) is 1.33. The first kappa shape index (κ1) is 14.9. The molecule has 2 rings (SSSR count). The lowest BCUT2D eigenvalue weighted by molar-refractivity contribution is 0.203. The summed E-state index contributed by atoms with van der Waals surface area (Å²) in [6, 6.07) is 6.68. The number of hydrogen-bond acceptors (Lipinski definition) is 3. The Labute approximate surface area is 121 Å². The molecule has 0 bridgehead atoms. The molecule has 1 saturated carbocycles. The van der Waals surface area contributed by atoms with E-state index in [1.165, 1.54) is 11.1 Å². The van der Waals surface area contributed by atoms with Gasteiger partial charge in [-0.05, 0) is 68.8 Å². The molecule has 3 nitrogen and oxygen atoms in total. The van der Waals surface area contributed by atoms with Crippen LogP contribution in [0.15, 0.2) is 12.1 Å². The standard InChI is InChI=1S/C17H24N2O/c1-5-19-17(10-18,15-6-7-15)11-20-16-9-12(2)8-13(3)14(16)4/h8-9,15,19H,5-7,11H2,1-4H3. The molecular weight excluding hydrogens is 248 g/mol. The van der Waals surface area contributed by atoms with E-state index >= 15 is 0 Å². The average Bonchev–Trinajstić information content (AvgIpc) is 3.24. The van der Waals surface area contributed by atoms with Gasteiger partial charge < -0.3 is 4.74 Å². The first-order valence-electron chi connectivity index (χ1n) is 7.39. The van der Waals surface area contributed by atoms with Crippen LogP contribution in [0.25, 0.3) is 0 Å². The van der Waals surface area contributed by atoms with Crippen molar-refractivity contribution >= 4 is 0 Å². The second kappa shape index (κ2) is 5.85. The van der Waals surface area contributed by atoms with Crippen molar-refractivity contribution in [2.24, 2.45) is 5.92 Å². The highest BCUT2D eigenvalue weighted by atomic mass is 16.5. The van der Waals surface area contributed by atoms with E-state index < -0.39 is 5.54 Å². The molecule has 1 aliphatic carbocycles. The van der Waals surface area contributed by atoms with E-state index in [0.29, 0.717) is 12.5 Å². The van der Waals surface area contributed by atoms with Gasteiger partial charge in [-0.15, -0.1) is 0 Å². The molecule has 20 heavy (non-hydrogen) atoms. The third-order valence-corrected chi connectivity index (χ3v) is 4.19. The van der Waals surface area contributed by atoms with E-state index in [-0.39, 0.29) is 0 Å². The third-order valence-electron chi connectivity index (χ3n) is 4.19. The summed E-state index contributed by atoms with van der Waals surface area (Å²) in [6.45, 7) is 9.49. The molecule has 1 atom stereocenters. The monoisotopic (exact) mass is 272 g/mol. The highest BCUT2D eigenvalue weighted by Gasteiger charge is 2.46. The fourth-order valence-electron chi connectivity index (χ4n) is 2.71. The fourth-order valence-corrected chi connectivity index (χ4v) is 2.71. The highest BCUT2D eigenvalue weighted by molar-refractivity contribution is 5.42. The first-order valence-corrected chi connectivity index (χ1v) is 7.39. The lowest BCUT2D eigenvalue weighted by Gasteiger charge is -2.28. The summed E-state index contributed by atoms with van der Waals surface area (Å²) in [6.07, 6.45) is 2.24. The number of ether oxygens (including phenoxy) is 1. The van der Waals surface area contributed by atoms with E-state index in [1.807, 2.05) is 6.92 Å². The van der Waals surface area contributed by atoms with Crippen LogP contribution in [-0.2, 0) is 0 Å². The van der Waals surface area contributed by atoms with Crippen molar-refractivity contribution in [2.75, 3.05) is 13.2 Å². The maximum atomic E-state index is 9.58. The summed E-state index contributed by atoms with van der Waals surface area (Å²) in [5, 5.41) is 12.9. The Morgan fingerprint density at radius 1 is 1.35 bits per heavy atom. The molecule has 0 saturated heterocycles. The van der Waals surface area contributed by atoms with Crippen LogP contribution >= 0.6 is 0 Å². The van der Waals surface area contributed by atoms with E-state index in [9.17, 15) is 5.26 Å². The minimum atomic E-state index is -0.529. The number of benzene rings is 1. The Morgan fingerprint density at radius 3 is 2.60 bits per heavy atom. The molecule has 0 heterocycles. The van der Waals surface area contributed by atoms with Crippen LogP contribution in [0.3, 0.4) is 0 Å². The van der Waals surface area contributed by atoms with Gasteiger partial charge in [0, 0.05) is 0 Å². The largest absolute Gasteiger partial charge is 0.490 e. The lowest BCUT2D eigenvalue weighted by atomic mass is 9.96. The van der Waals surface area contributed by atoms with Gasteiger partial charge in [0.05, 0.1) is 6.07 Å². The fraction of sp³-hybridized carbons (Fsp3) is 0.588. The predicted molar refractivity (Wildman–Crippen MR) is 80.9 cm³/mol. The van der Waals surface area contributed by atoms with Crippen molar-refractivity contribution in [1.82, 2.24) is 5.32 Å². The molecule has 1 aliphatic rings. The minimum Gasteiger partial charge on any atom is -0.490 e. The number of rotatable bonds is 6. The van der Waals surface area contributed by atoms with Gasteiger partial charge >= 0.3 is 0 Å². The molecule has 0 aromatic heterocycles. The summed E-state index contributed by atoms with van der Waals surface area (Å²) in [7, 11) is 0. The number of nitrogens with one attached hydrogen (secondary N) is 1. The third kappa shape index (κ3) is 2.96. The first-order chi connectivity index (χ1) is 9.52. The van der Waals surface area contributed by atoms with Gasteiger partial charge in [0.15, 0.2) is 0 Å². The van der Waals surface area contributed by atoms with Crippen LogP contribution < -0.4 is 10.1 Å². The SMILES string of the molecule is CCNC(C#N)(COc1cc(C)cc(C)c1C)C1CC1. The Hall–Kier alpha value is -1.53. The number of hydrogen-bond donors (Lipinski definition) is 1. The van der Waals surface area contributed by atoms with Crippen molar-refractivity contribution in [2.45, 2.75) is 46.1 Å². The van der Waals surface area contributed by atoms with Gasteiger partial charge in [-0.3, -0.25) is 5.32 Å². The number of aryl methyl sites for hydroxylation is 2. The van der Waals surface area contributed by atoms with Crippen molar-refractivity contribution in [3.05, 3.63) is 28.8 Å². The van der Waals surface area contributed by atoms with Crippen molar-refractivity contribution < 1.29 is 4.74 Å². The number of nitriles is 1. The molecular formula is C17H24N2O. The van der Waals surface area contributed by atoms with E-state index in [4.69, 9.17) is 4.74 Å². The van der Waals surface area contributed by atoms with Crippen molar-refractivity contribution in [1.29, 1.82) is 5.26 Å². The van der Waals surface area contributed by atoms with Gasteiger partial charge in [0.2, 0.25) is 0 Å². The molecule has 1 aromatic carbocycles. The van der Waals surface area contributed by atoms with Gasteiger partial charge in [-0.25, -0.2) is 0 Å². The van der Waals surface area contributed by atoms with Crippen LogP contribution in [0, 0.1) is 38.0 Å². The molecule has 0 aliphatic heterocycles. The summed E-state index contributed by atoms with van der Waals surface area (Å²) in [4.78, 5) is 0. The zero-order chi connectivity index (χ0) is 14.8. The Morgan fingerprint density at radius 2 is 2.05 bits per heavy atom. The van der Waals surface area contributed by atoms with Gasteiger partial charge in [-0.1, -0.05) is 13.0 Å². The van der Waals surface area contributed by atoms with Gasteiger partial charge in [0.1, 0.15) is 17.9 Å². The van der Waals surface area contributed by atoms with Crippen LogP contribution in [0.2, 0.25) is 0 Å².